The molecule has 0 aliphatic rings. The summed E-state index contributed by atoms with van der Waals surface area (Å²) in [5.41, 5.74) is 0. The minimum atomic E-state index is -0.775. The van der Waals surface area contributed by atoms with Crippen LogP contribution in [0.2, 0.25) is 0 Å². The van der Waals surface area contributed by atoms with E-state index < -0.39 is 6.10 Å². The summed E-state index contributed by atoms with van der Waals surface area (Å²) in [4.78, 5) is 38.0. The summed E-state index contributed by atoms with van der Waals surface area (Å²) in [6.45, 7) is 6.49. The predicted octanol–water partition coefficient (Wildman–Crippen LogP) is 20.9. The van der Waals surface area contributed by atoms with Gasteiger partial charge in [0.15, 0.2) is 6.10 Å². The molecule has 0 saturated heterocycles. The van der Waals surface area contributed by atoms with Crippen LogP contribution >= 0.6 is 0 Å². The van der Waals surface area contributed by atoms with Crippen molar-refractivity contribution in [3.8, 4) is 0 Å². The lowest BCUT2D eigenvalue weighted by molar-refractivity contribution is -0.167. The van der Waals surface area contributed by atoms with Crippen molar-refractivity contribution in [1.29, 1.82) is 0 Å². The number of allylic oxidation sites excluding steroid dienone is 12. The first kappa shape index (κ1) is 68.8. The van der Waals surface area contributed by atoms with E-state index in [0.29, 0.717) is 19.3 Å². The van der Waals surface area contributed by atoms with Gasteiger partial charge in [0.1, 0.15) is 13.2 Å². The van der Waals surface area contributed by atoms with Gasteiger partial charge in [-0.15, -0.1) is 0 Å². The Balaban J connectivity index is 4.08. The maximum atomic E-state index is 12.8. The number of carbonyl (C=O) groups excluding carboxylic acids is 3. The van der Waals surface area contributed by atoms with E-state index in [1.807, 2.05) is 0 Å². The van der Waals surface area contributed by atoms with Crippen LogP contribution in [0.1, 0.15) is 310 Å². The molecule has 0 aliphatic carbocycles. The van der Waals surface area contributed by atoms with E-state index in [4.69, 9.17) is 14.2 Å². The molecule has 0 radical (unpaired) electrons. The first-order valence-electron chi connectivity index (χ1n) is 30.9. The Morgan fingerprint density at radius 1 is 0.292 bits per heavy atom. The lowest BCUT2D eigenvalue weighted by Gasteiger charge is -2.18. The molecule has 1 atom stereocenters. The molecule has 0 aromatic heterocycles. The molecule has 0 aromatic rings. The number of esters is 3. The van der Waals surface area contributed by atoms with Crippen LogP contribution in [0.4, 0.5) is 0 Å². The second-order valence-electron chi connectivity index (χ2n) is 20.6. The molecule has 72 heavy (non-hydrogen) atoms. The van der Waals surface area contributed by atoms with E-state index in [-0.39, 0.29) is 31.1 Å². The quantitative estimate of drug-likeness (QED) is 0.0261. The molecule has 0 spiro atoms. The minimum absolute atomic E-state index is 0.0753. The highest BCUT2D eigenvalue weighted by Gasteiger charge is 2.19. The number of hydrogen-bond acceptors (Lipinski definition) is 6. The Hall–Kier alpha value is -3.15. The first-order chi connectivity index (χ1) is 35.5. The van der Waals surface area contributed by atoms with Crippen LogP contribution in [-0.2, 0) is 28.6 Å². The van der Waals surface area contributed by atoms with Crippen molar-refractivity contribution in [2.24, 2.45) is 0 Å². The number of ether oxygens (including phenoxy) is 3. The number of rotatable bonds is 56. The van der Waals surface area contributed by atoms with E-state index in [1.165, 1.54) is 173 Å². The summed E-state index contributed by atoms with van der Waals surface area (Å²) in [5, 5.41) is 0. The highest BCUT2D eigenvalue weighted by Crippen LogP contribution is 2.16. The second-order valence-corrected chi connectivity index (χ2v) is 20.6. The molecule has 6 nitrogen and oxygen atoms in total. The lowest BCUT2D eigenvalue weighted by atomic mass is 10.0. The van der Waals surface area contributed by atoms with E-state index in [1.54, 1.807) is 0 Å². The standard InChI is InChI=1S/C66H116O6/c1-4-7-10-13-16-18-20-22-24-26-28-29-30-31-32-33-34-35-36-37-38-40-41-43-45-47-50-53-56-59-65(68)71-62-63(61-70-64(67)58-55-52-49-15-12-9-6-3)72-66(69)60-57-54-51-48-46-44-42-39-27-25-23-21-19-17-14-11-8-5-2/h7,10,16,18-19,21-22,24-25,27-29,63H,4-6,8-9,11-15,17,20,23,26,30-62H2,1-3H3/b10-7-,18-16-,21-19-,24-22-,27-25-,29-28-. The van der Waals surface area contributed by atoms with Crippen molar-refractivity contribution < 1.29 is 28.6 Å². The van der Waals surface area contributed by atoms with E-state index in [2.05, 4.69) is 93.7 Å². The minimum Gasteiger partial charge on any atom is -0.462 e. The molecule has 416 valence electrons. The van der Waals surface area contributed by atoms with Gasteiger partial charge in [0.2, 0.25) is 0 Å². The average molecular weight is 1010 g/mol. The number of carbonyl (C=O) groups is 3. The maximum Gasteiger partial charge on any atom is 0.306 e. The smallest absolute Gasteiger partial charge is 0.306 e. The summed E-state index contributed by atoms with van der Waals surface area (Å²) in [6.07, 6.45) is 77.9. The summed E-state index contributed by atoms with van der Waals surface area (Å²) >= 11 is 0. The Morgan fingerprint density at radius 3 is 0.861 bits per heavy atom. The Kier molecular flexibility index (Phi) is 57.8. The zero-order valence-corrected chi connectivity index (χ0v) is 47.7. The highest BCUT2D eigenvalue weighted by atomic mass is 16.6. The molecule has 6 heteroatoms. The topological polar surface area (TPSA) is 78.9 Å². The van der Waals surface area contributed by atoms with E-state index in [9.17, 15) is 14.4 Å². The maximum absolute atomic E-state index is 12.8. The second kappa shape index (κ2) is 60.4. The third-order valence-electron chi connectivity index (χ3n) is 13.4. The summed E-state index contributed by atoms with van der Waals surface area (Å²) in [6, 6.07) is 0. The van der Waals surface area contributed by atoms with Gasteiger partial charge in [-0.1, -0.05) is 273 Å². The number of hydrogen-bond donors (Lipinski definition) is 0. The van der Waals surface area contributed by atoms with Gasteiger partial charge in [-0.25, -0.2) is 0 Å². The summed E-state index contributed by atoms with van der Waals surface area (Å²) in [5.74, 6) is -0.878. The molecule has 0 rings (SSSR count). The van der Waals surface area contributed by atoms with Gasteiger partial charge in [0.25, 0.3) is 0 Å². The molecular weight excluding hydrogens is 889 g/mol. The van der Waals surface area contributed by atoms with Crippen LogP contribution in [0.3, 0.4) is 0 Å². The van der Waals surface area contributed by atoms with Crippen molar-refractivity contribution in [2.45, 2.75) is 316 Å². The first-order valence-corrected chi connectivity index (χ1v) is 30.9. The van der Waals surface area contributed by atoms with Crippen molar-refractivity contribution >= 4 is 17.9 Å². The van der Waals surface area contributed by atoms with Crippen molar-refractivity contribution in [1.82, 2.24) is 0 Å². The normalized spacial score (nSPS) is 12.5. The summed E-state index contributed by atoms with van der Waals surface area (Å²) in [7, 11) is 0. The third-order valence-corrected chi connectivity index (χ3v) is 13.4. The number of unbranched alkanes of at least 4 members (excludes halogenated alkanes) is 33. The molecule has 0 aliphatic heterocycles. The Morgan fingerprint density at radius 2 is 0.542 bits per heavy atom. The van der Waals surface area contributed by atoms with Gasteiger partial charge >= 0.3 is 17.9 Å². The van der Waals surface area contributed by atoms with E-state index >= 15 is 0 Å². The molecule has 0 N–H and O–H groups in total. The van der Waals surface area contributed by atoms with Gasteiger partial charge in [0, 0.05) is 19.3 Å². The monoisotopic (exact) mass is 1000 g/mol. The molecule has 0 heterocycles. The van der Waals surface area contributed by atoms with Crippen molar-refractivity contribution in [2.75, 3.05) is 13.2 Å². The Bertz CT molecular complexity index is 1340. The van der Waals surface area contributed by atoms with Crippen LogP contribution in [0, 0.1) is 0 Å². The SMILES string of the molecule is CC/C=C\C/C=C\C/C=C\C/C=C\CCCCCCCCCCCCCCCCCCC(=O)OCC(COC(=O)CCCCCCCCC)OC(=O)CCCCCCCCC/C=C\C/C=C\CCCCCC. The molecule has 0 saturated carbocycles. The Labute approximate surface area is 446 Å². The summed E-state index contributed by atoms with van der Waals surface area (Å²) < 4.78 is 16.8. The molecular formula is C66H116O6. The average Bonchev–Trinajstić information content (AvgIpc) is 3.38. The fraction of sp³-hybridized carbons (Fsp3) is 0.773. The zero-order valence-electron chi connectivity index (χ0n) is 47.7. The van der Waals surface area contributed by atoms with Gasteiger partial charge < -0.3 is 14.2 Å². The fourth-order valence-electron chi connectivity index (χ4n) is 8.82. The predicted molar refractivity (Wildman–Crippen MR) is 311 cm³/mol. The van der Waals surface area contributed by atoms with Gasteiger partial charge in [-0.2, -0.15) is 0 Å². The third kappa shape index (κ3) is 57.7. The van der Waals surface area contributed by atoms with Gasteiger partial charge in [-0.05, 0) is 89.9 Å². The zero-order chi connectivity index (χ0) is 52.2. The van der Waals surface area contributed by atoms with Crippen LogP contribution in [0.15, 0.2) is 72.9 Å². The van der Waals surface area contributed by atoms with Gasteiger partial charge in [0.05, 0.1) is 0 Å². The molecule has 1 unspecified atom stereocenters. The molecule has 0 fully saturated rings. The van der Waals surface area contributed by atoms with Crippen molar-refractivity contribution in [3.05, 3.63) is 72.9 Å². The van der Waals surface area contributed by atoms with Gasteiger partial charge in [-0.3, -0.25) is 14.4 Å². The fourth-order valence-corrected chi connectivity index (χ4v) is 8.82. The molecule has 0 amide bonds. The van der Waals surface area contributed by atoms with Crippen LogP contribution in [0.5, 0.6) is 0 Å². The van der Waals surface area contributed by atoms with Crippen LogP contribution < -0.4 is 0 Å². The molecule has 0 bridgehead atoms. The van der Waals surface area contributed by atoms with E-state index in [0.717, 1.165) is 96.3 Å². The lowest BCUT2D eigenvalue weighted by Crippen LogP contribution is -2.30. The molecule has 0 aromatic carbocycles. The highest BCUT2D eigenvalue weighted by molar-refractivity contribution is 5.71. The largest absolute Gasteiger partial charge is 0.462 e. The van der Waals surface area contributed by atoms with Crippen LogP contribution in [0.25, 0.3) is 0 Å². The van der Waals surface area contributed by atoms with Crippen molar-refractivity contribution in [3.63, 3.8) is 0 Å². The van der Waals surface area contributed by atoms with Crippen LogP contribution in [-0.4, -0.2) is 37.2 Å².